The zero-order valence-corrected chi connectivity index (χ0v) is 18.8. The molecule has 0 aliphatic heterocycles. The molecule has 0 amide bonds. The average molecular weight is 399 g/mol. The molecular formula is C22H30O3Si2. The van der Waals surface area contributed by atoms with E-state index in [1.807, 2.05) is 12.1 Å². The van der Waals surface area contributed by atoms with E-state index < -0.39 is 16.6 Å². The molecule has 0 N–H and O–H groups in total. The lowest BCUT2D eigenvalue weighted by Crippen LogP contribution is -2.62. The standard InChI is InChI=1S/C22H30O3Si2/c1-19(2)22(23)24-17-12-18-26(3,4)25-27(5,20-13-8-6-9-14-20)21-15-10-7-11-16-21/h6-11,13-16H,1,12,17-18H2,2-5H3. The van der Waals surface area contributed by atoms with Gasteiger partial charge in [0, 0.05) is 5.57 Å². The van der Waals surface area contributed by atoms with E-state index in [0.29, 0.717) is 12.2 Å². The van der Waals surface area contributed by atoms with Gasteiger partial charge in [0.25, 0.3) is 0 Å². The lowest BCUT2D eigenvalue weighted by atomic mass is 10.4. The molecule has 2 aromatic rings. The van der Waals surface area contributed by atoms with Gasteiger partial charge in [-0.15, -0.1) is 0 Å². The number of hydrogen-bond acceptors (Lipinski definition) is 3. The van der Waals surface area contributed by atoms with Gasteiger partial charge < -0.3 is 8.85 Å². The van der Waals surface area contributed by atoms with E-state index in [9.17, 15) is 4.79 Å². The Labute approximate surface area is 165 Å². The van der Waals surface area contributed by atoms with E-state index >= 15 is 0 Å². The largest absolute Gasteiger partial charge is 0.462 e. The van der Waals surface area contributed by atoms with E-state index in [1.165, 1.54) is 10.4 Å². The molecular weight excluding hydrogens is 368 g/mol. The maximum absolute atomic E-state index is 11.5. The van der Waals surface area contributed by atoms with Crippen LogP contribution in [0.25, 0.3) is 0 Å². The molecule has 0 radical (unpaired) electrons. The molecule has 2 aromatic carbocycles. The fraction of sp³-hybridized carbons (Fsp3) is 0.318. The van der Waals surface area contributed by atoms with Crippen LogP contribution in [0.4, 0.5) is 0 Å². The van der Waals surface area contributed by atoms with Crippen molar-refractivity contribution in [2.24, 2.45) is 0 Å². The second-order valence-corrected chi connectivity index (χ2v) is 15.7. The van der Waals surface area contributed by atoms with Gasteiger partial charge in [0.05, 0.1) is 6.61 Å². The van der Waals surface area contributed by atoms with Gasteiger partial charge in [0.1, 0.15) is 0 Å². The number of hydrogen-bond donors (Lipinski definition) is 0. The van der Waals surface area contributed by atoms with E-state index in [-0.39, 0.29) is 5.97 Å². The number of ether oxygens (including phenoxy) is 1. The zero-order valence-electron chi connectivity index (χ0n) is 16.8. The monoisotopic (exact) mass is 398 g/mol. The van der Waals surface area contributed by atoms with Gasteiger partial charge in [-0.1, -0.05) is 67.2 Å². The van der Waals surface area contributed by atoms with Crippen molar-refractivity contribution in [3.05, 3.63) is 72.8 Å². The summed E-state index contributed by atoms with van der Waals surface area (Å²) >= 11 is 0. The number of rotatable bonds is 9. The van der Waals surface area contributed by atoms with Crippen molar-refractivity contribution in [2.75, 3.05) is 6.61 Å². The Bertz CT molecular complexity index is 718. The summed E-state index contributed by atoms with van der Waals surface area (Å²) in [6.07, 6.45) is 0.812. The summed E-state index contributed by atoms with van der Waals surface area (Å²) in [7, 11) is -4.25. The molecule has 5 heteroatoms. The first-order chi connectivity index (χ1) is 12.7. The minimum Gasteiger partial charge on any atom is -0.462 e. The smallest absolute Gasteiger partial charge is 0.333 e. The van der Waals surface area contributed by atoms with Gasteiger partial charge in [-0.3, -0.25) is 0 Å². The third kappa shape index (κ3) is 6.02. The highest BCUT2D eigenvalue weighted by Crippen LogP contribution is 2.20. The molecule has 0 aliphatic rings. The number of benzene rings is 2. The molecule has 3 nitrogen and oxygen atoms in total. The molecule has 0 saturated carbocycles. The molecule has 0 heterocycles. The Kier molecular flexibility index (Phi) is 7.36. The Hall–Kier alpha value is -1.96. The summed E-state index contributed by atoms with van der Waals surface area (Å²) in [5.41, 5.74) is 0.441. The van der Waals surface area contributed by atoms with Crippen LogP contribution in [0.15, 0.2) is 72.8 Å². The van der Waals surface area contributed by atoms with Gasteiger partial charge in [0.2, 0.25) is 8.32 Å². The average Bonchev–Trinajstić information content (AvgIpc) is 2.66. The van der Waals surface area contributed by atoms with Crippen LogP contribution >= 0.6 is 0 Å². The van der Waals surface area contributed by atoms with Crippen molar-refractivity contribution in [3.63, 3.8) is 0 Å². The molecule has 0 saturated heterocycles. The topological polar surface area (TPSA) is 35.5 Å². The maximum atomic E-state index is 11.5. The van der Waals surface area contributed by atoms with Crippen LogP contribution in [0, 0.1) is 0 Å². The molecule has 0 aromatic heterocycles. The molecule has 0 unspecified atom stereocenters. The fourth-order valence-corrected chi connectivity index (χ4v) is 11.9. The maximum Gasteiger partial charge on any atom is 0.333 e. The number of carbonyl (C=O) groups excluding carboxylic acids is 1. The molecule has 2 rings (SSSR count). The van der Waals surface area contributed by atoms with E-state index in [1.54, 1.807) is 6.92 Å². The number of carbonyl (C=O) groups is 1. The summed E-state index contributed by atoms with van der Waals surface area (Å²) in [6.45, 7) is 12.5. The van der Waals surface area contributed by atoms with Crippen molar-refractivity contribution in [1.29, 1.82) is 0 Å². The van der Waals surface area contributed by atoms with Gasteiger partial charge in [-0.05, 0) is 49.4 Å². The highest BCUT2D eigenvalue weighted by Gasteiger charge is 2.39. The van der Waals surface area contributed by atoms with Gasteiger partial charge in [0.15, 0.2) is 8.32 Å². The normalized spacial score (nSPS) is 11.9. The third-order valence-corrected chi connectivity index (χ3v) is 12.9. The first kappa shape index (κ1) is 21.3. The lowest BCUT2D eigenvalue weighted by Gasteiger charge is -2.37. The van der Waals surface area contributed by atoms with Crippen LogP contribution < -0.4 is 10.4 Å². The summed E-state index contributed by atoms with van der Waals surface area (Å²) < 4.78 is 12.2. The Morgan fingerprint density at radius 3 is 1.85 bits per heavy atom. The van der Waals surface area contributed by atoms with Gasteiger partial charge in [-0.25, -0.2) is 4.79 Å². The molecule has 0 aliphatic carbocycles. The second kappa shape index (κ2) is 9.30. The molecule has 0 atom stereocenters. The first-order valence-corrected chi connectivity index (χ1v) is 14.9. The highest BCUT2D eigenvalue weighted by atomic mass is 28.4. The fourth-order valence-electron chi connectivity index (χ4n) is 3.19. The van der Waals surface area contributed by atoms with Crippen LogP contribution in [0.2, 0.25) is 25.7 Å². The Balaban J connectivity index is 2.13. The third-order valence-electron chi connectivity index (χ3n) is 4.63. The molecule has 144 valence electrons. The van der Waals surface area contributed by atoms with Crippen LogP contribution in [-0.2, 0) is 13.6 Å². The lowest BCUT2D eigenvalue weighted by molar-refractivity contribution is -0.138. The van der Waals surface area contributed by atoms with Crippen LogP contribution in [0.1, 0.15) is 13.3 Å². The first-order valence-electron chi connectivity index (χ1n) is 9.38. The highest BCUT2D eigenvalue weighted by molar-refractivity contribution is 7.01. The summed E-state index contributed by atoms with van der Waals surface area (Å²) in [5, 5.41) is 2.57. The van der Waals surface area contributed by atoms with Crippen molar-refractivity contribution >= 4 is 33.0 Å². The minimum absolute atomic E-state index is 0.317. The van der Waals surface area contributed by atoms with Crippen LogP contribution in [-0.4, -0.2) is 29.2 Å². The number of esters is 1. The quantitative estimate of drug-likeness (QED) is 0.276. The minimum atomic E-state index is -2.30. The predicted octanol–water partition coefficient (Wildman–Crippen LogP) is 4.11. The Morgan fingerprint density at radius 2 is 1.41 bits per heavy atom. The SMILES string of the molecule is C=C(C)C(=O)OCCC[Si](C)(C)O[Si](C)(c1ccccc1)c1ccccc1. The predicted molar refractivity (Wildman–Crippen MR) is 118 cm³/mol. The Morgan fingerprint density at radius 1 is 0.926 bits per heavy atom. The van der Waals surface area contributed by atoms with Crippen molar-refractivity contribution in [3.8, 4) is 0 Å². The van der Waals surface area contributed by atoms with E-state index in [4.69, 9.17) is 8.85 Å². The van der Waals surface area contributed by atoms with Crippen molar-refractivity contribution < 1.29 is 13.6 Å². The van der Waals surface area contributed by atoms with E-state index in [2.05, 4.69) is 74.8 Å². The summed E-state index contributed by atoms with van der Waals surface area (Å²) in [6, 6.07) is 22.1. The molecule has 0 fully saturated rings. The molecule has 0 bridgehead atoms. The molecule has 27 heavy (non-hydrogen) atoms. The van der Waals surface area contributed by atoms with Crippen molar-refractivity contribution in [1.82, 2.24) is 0 Å². The van der Waals surface area contributed by atoms with Crippen LogP contribution in [0.5, 0.6) is 0 Å². The van der Waals surface area contributed by atoms with Gasteiger partial charge >= 0.3 is 5.97 Å². The summed E-state index contributed by atoms with van der Waals surface area (Å²) in [5.74, 6) is -0.317. The summed E-state index contributed by atoms with van der Waals surface area (Å²) in [4.78, 5) is 11.5. The second-order valence-electron chi connectivity index (χ2n) is 7.65. The zero-order chi connectivity index (χ0) is 19.9. The molecule has 0 spiro atoms. The van der Waals surface area contributed by atoms with Gasteiger partial charge in [-0.2, -0.15) is 0 Å². The van der Waals surface area contributed by atoms with Crippen LogP contribution in [0.3, 0.4) is 0 Å². The van der Waals surface area contributed by atoms with E-state index in [0.717, 1.165) is 12.5 Å². The van der Waals surface area contributed by atoms with Crippen molar-refractivity contribution in [2.45, 2.75) is 39.0 Å².